The van der Waals surface area contributed by atoms with E-state index < -0.39 is 6.10 Å². The van der Waals surface area contributed by atoms with Crippen LogP contribution in [0.2, 0.25) is 0 Å². The standard InChI is InChI=1S/C18H19NO3/c20-18(19-12-6-9-14-7-2-1-3-8-14)17-13-21-15-10-4-5-11-16(15)22-17/h1-5,7-8,10-11,17H,6,9,12-13H2,(H,19,20)/t17-/m1/s1. The molecule has 114 valence electrons. The number of rotatable bonds is 5. The first kappa shape index (κ1) is 14.4. The van der Waals surface area contributed by atoms with Crippen molar-refractivity contribution in [2.24, 2.45) is 0 Å². The maximum atomic E-state index is 12.1. The number of amides is 1. The Hall–Kier alpha value is -2.49. The lowest BCUT2D eigenvalue weighted by molar-refractivity contribution is -0.130. The van der Waals surface area contributed by atoms with Gasteiger partial charge in [-0.1, -0.05) is 42.5 Å². The van der Waals surface area contributed by atoms with Crippen molar-refractivity contribution in [2.45, 2.75) is 18.9 Å². The summed E-state index contributed by atoms with van der Waals surface area (Å²) in [5, 5.41) is 2.91. The molecule has 0 radical (unpaired) electrons. The van der Waals surface area contributed by atoms with E-state index in [-0.39, 0.29) is 12.5 Å². The predicted octanol–water partition coefficient (Wildman–Crippen LogP) is 2.58. The summed E-state index contributed by atoms with van der Waals surface area (Å²) in [5.41, 5.74) is 1.28. The third-order valence-electron chi connectivity index (χ3n) is 3.59. The number of carbonyl (C=O) groups is 1. The fraction of sp³-hybridized carbons (Fsp3) is 0.278. The van der Waals surface area contributed by atoms with E-state index in [9.17, 15) is 4.79 Å². The quantitative estimate of drug-likeness (QED) is 0.863. The van der Waals surface area contributed by atoms with Gasteiger partial charge in [0.25, 0.3) is 5.91 Å². The van der Waals surface area contributed by atoms with Crippen molar-refractivity contribution in [1.82, 2.24) is 5.32 Å². The SMILES string of the molecule is O=C(NCCCc1ccccc1)[C@H]1COc2ccccc2O1. The molecule has 0 aliphatic carbocycles. The van der Waals surface area contributed by atoms with Crippen LogP contribution in [-0.2, 0) is 11.2 Å². The number of hydrogen-bond acceptors (Lipinski definition) is 3. The first-order valence-corrected chi connectivity index (χ1v) is 7.53. The van der Waals surface area contributed by atoms with Crippen molar-refractivity contribution in [3.63, 3.8) is 0 Å². The molecule has 0 saturated carbocycles. The van der Waals surface area contributed by atoms with E-state index in [0.717, 1.165) is 12.8 Å². The molecule has 1 heterocycles. The summed E-state index contributed by atoms with van der Waals surface area (Å²) in [6.45, 7) is 0.886. The number of benzene rings is 2. The molecular weight excluding hydrogens is 278 g/mol. The van der Waals surface area contributed by atoms with E-state index in [1.54, 1.807) is 0 Å². The van der Waals surface area contributed by atoms with Crippen molar-refractivity contribution >= 4 is 5.91 Å². The van der Waals surface area contributed by atoms with Crippen LogP contribution in [0, 0.1) is 0 Å². The predicted molar refractivity (Wildman–Crippen MR) is 84.1 cm³/mol. The van der Waals surface area contributed by atoms with Gasteiger partial charge < -0.3 is 14.8 Å². The summed E-state index contributed by atoms with van der Waals surface area (Å²) in [4.78, 5) is 12.1. The molecule has 4 heteroatoms. The largest absolute Gasteiger partial charge is 0.485 e. The van der Waals surface area contributed by atoms with E-state index in [1.807, 2.05) is 42.5 Å². The normalized spacial score (nSPS) is 16.1. The fourth-order valence-electron chi connectivity index (χ4n) is 2.41. The third kappa shape index (κ3) is 3.58. The first-order valence-electron chi connectivity index (χ1n) is 7.53. The van der Waals surface area contributed by atoms with Crippen LogP contribution in [0.5, 0.6) is 11.5 Å². The highest BCUT2D eigenvalue weighted by atomic mass is 16.6. The molecule has 2 aromatic rings. The van der Waals surface area contributed by atoms with Gasteiger partial charge in [0.15, 0.2) is 11.5 Å². The van der Waals surface area contributed by atoms with Crippen LogP contribution in [0.25, 0.3) is 0 Å². The molecule has 1 amide bonds. The van der Waals surface area contributed by atoms with Gasteiger partial charge in [-0.3, -0.25) is 4.79 Å². The van der Waals surface area contributed by atoms with Gasteiger partial charge in [0.05, 0.1) is 0 Å². The highest BCUT2D eigenvalue weighted by molar-refractivity contribution is 5.81. The number of fused-ring (bicyclic) bond motifs is 1. The monoisotopic (exact) mass is 297 g/mol. The molecule has 22 heavy (non-hydrogen) atoms. The molecule has 0 fully saturated rings. The molecule has 0 saturated heterocycles. The highest BCUT2D eigenvalue weighted by Gasteiger charge is 2.26. The summed E-state index contributed by atoms with van der Waals surface area (Å²) >= 11 is 0. The molecule has 4 nitrogen and oxygen atoms in total. The average Bonchev–Trinajstić information content (AvgIpc) is 2.59. The highest BCUT2D eigenvalue weighted by Crippen LogP contribution is 2.30. The molecular formula is C18H19NO3. The van der Waals surface area contributed by atoms with Crippen molar-refractivity contribution in [3.8, 4) is 11.5 Å². The van der Waals surface area contributed by atoms with Crippen LogP contribution in [-0.4, -0.2) is 25.2 Å². The molecule has 1 atom stereocenters. The van der Waals surface area contributed by atoms with Crippen molar-refractivity contribution in [1.29, 1.82) is 0 Å². The van der Waals surface area contributed by atoms with Crippen LogP contribution in [0.4, 0.5) is 0 Å². The zero-order valence-electron chi connectivity index (χ0n) is 12.3. The number of ether oxygens (including phenoxy) is 2. The van der Waals surface area contributed by atoms with E-state index in [1.165, 1.54) is 5.56 Å². The Bertz CT molecular complexity index is 627. The molecule has 0 aromatic heterocycles. The number of hydrogen-bond donors (Lipinski definition) is 1. The number of para-hydroxylation sites is 2. The van der Waals surface area contributed by atoms with Gasteiger partial charge >= 0.3 is 0 Å². The minimum atomic E-state index is -0.577. The second-order valence-electron chi connectivity index (χ2n) is 5.24. The molecule has 0 bridgehead atoms. The molecule has 0 spiro atoms. The van der Waals surface area contributed by atoms with Crippen molar-refractivity contribution < 1.29 is 14.3 Å². The molecule has 1 aliphatic rings. The lowest BCUT2D eigenvalue weighted by Gasteiger charge is -2.25. The smallest absolute Gasteiger partial charge is 0.264 e. The molecule has 3 rings (SSSR count). The van der Waals surface area contributed by atoms with Gasteiger partial charge in [-0.15, -0.1) is 0 Å². The Labute approximate surface area is 130 Å². The summed E-state index contributed by atoms with van der Waals surface area (Å²) < 4.78 is 11.2. The number of nitrogens with one attached hydrogen (secondary N) is 1. The van der Waals surface area contributed by atoms with Crippen LogP contribution >= 0.6 is 0 Å². The van der Waals surface area contributed by atoms with E-state index in [2.05, 4.69) is 17.4 Å². The summed E-state index contributed by atoms with van der Waals surface area (Å²) in [6, 6.07) is 17.6. The van der Waals surface area contributed by atoms with Crippen LogP contribution in [0.15, 0.2) is 54.6 Å². The van der Waals surface area contributed by atoms with Gasteiger partial charge in [-0.25, -0.2) is 0 Å². The molecule has 1 N–H and O–H groups in total. The zero-order valence-corrected chi connectivity index (χ0v) is 12.3. The number of carbonyl (C=O) groups excluding carboxylic acids is 1. The Balaban J connectivity index is 1.43. The summed E-state index contributed by atoms with van der Waals surface area (Å²) in [5.74, 6) is 1.19. The van der Waals surface area contributed by atoms with E-state index >= 15 is 0 Å². The van der Waals surface area contributed by atoms with Gasteiger partial charge in [-0.2, -0.15) is 0 Å². The Morgan fingerprint density at radius 2 is 1.77 bits per heavy atom. The second-order valence-corrected chi connectivity index (χ2v) is 5.24. The summed E-state index contributed by atoms with van der Waals surface area (Å²) in [6.07, 6.45) is 1.28. The van der Waals surface area contributed by atoms with Crippen LogP contribution in [0.3, 0.4) is 0 Å². The lowest BCUT2D eigenvalue weighted by Crippen LogP contribution is -2.44. The Kier molecular flexibility index (Phi) is 4.59. The van der Waals surface area contributed by atoms with Gasteiger partial charge in [0, 0.05) is 6.54 Å². The van der Waals surface area contributed by atoms with Crippen LogP contribution in [0.1, 0.15) is 12.0 Å². The first-order chi connectivity index (χ1) is 10.8. The topological polar surface area (TPSA) is 47.6 Å². The molecule has 0 unspecified atom stereocenters. The van der Waals surface area contributed by atoms with Crippen molar-refractivity contribution in [2.75, 3.05) is 13.2 Å². The molecule has 2 aromatic carbocycles. The second kappa shape index (κ2) is 6.98. The van der Waals surface area contributed by atoms with E-state index in [4.69, 9.17) is 9.47 Å². The maximum Gasteiger partial charge on any atom is 0.264 e. The third-order valence-corrected chi connectivity index (χ3v) is 3.59. The summed E-state index contributed by atoms with van der Waals surface area (Å²) in [7, 11) is 0. The number of aryl methyl sites for hydroxylation is 1. The molecule has 1 aliphatic heterocycles. The fourth-order valence-corrected chi connectivity index (χ4v) is 2.41. The van der Waals surface area contributed by atoms with Crippen molar-refractivity contribution in [3.05, 3.63) is 60.2 Å². The maximum absolute atomic E-state index is 12.1. The lowest BCUT2D eigenvalue weighted by atomic mass is 10.1. The Morgan fingerprint density at radius 1 is 1.05 bits per heavy atom. The Morgan fingerprint density at radius 3 is 2.59 bits per heavy atom. The van der Waals surface area contributed by atoms with Gasteiger partial charge in [0.2, 0.25) is 6.10 Å². The van der Waals surface area contributed by atoms with E-state index in [0.29, 0.717) is 18.0 Å². The minimum Gasteiger partial charge on any atom is -0.485 e. The zero-order chi connectivity index (χ0) is 15.2. The van der Waals surface area contributed by atoms with Gasteiger partial charge in [0.1, 0.15) is 6.61 Å². The van der Waals surface area contributed by atoms with Gasteiger partial charge in [-0.05, 0) is 30.5 Å². The minimum absolute atomic E-state index is 0.123. The average molecular weight is 297 g/mol. The van der Waals surface area contributed by atoms with Crippen LogP contribution < -0.4 is 14.8 Å².